The van der Waals surface area contributed by atoms with E-state index in [2.05, 4.69) is 30.2 Å². The monoisotopic (exact) mass is 374 g/mol. The van der Waals surface area contributed by atoms with E-state index in [0.717, 1.165) is 0 Å². The van der Waals surface area contributed by atoms with E-state index in [-0.39, 0.29) is 36.1 Å². The molecule has 0 aliphatic rings. The number of carbonyl (C=O) groups is 2. The number of rotatable bonds is 6. The summed E-state index contributed by atoms with van der Waals surface area (Å²) in [6.07, 6.45) is 2.89. The zero-order valence-electron chi connectivity index (χ0n) is 14.6. The zero-order chi connectivity index (χ0) is 19.5. The van der Waals surface area contributed by atoms with Crippen molar-refractivity contribution in [2.24, 2.45) is 0 Å². The van der Waals surface area contributed by atoms with Gasteiger partial charge in [-0.25, -0.2) is 4.98 Å². The molecule has 0 spiro atoms. The molecule has 0 bridgehead atoms. The van der Waals surface area contributed by atoms with Crippen molar-refractivity contribution in [1.82, 2.24) is 34.8 Å². The summed E-state index contributed by atoms with van der Waals surface area (Å²) >= 11 is 0. The summed E-state index contributed by atoms with van der Waals surface area (Å²) in [4.78, 5) is 37.6. The number of fused-ring (bicyclic) bond motifs is 1. The fourth-order valence-electron chi connectivity index (χ4n) is 2.63. The Balaban J connectivity index is 1.71. The van der Waals surface area contributed by atoms with Crippen molar-refractivity contribution in [1.29, 1.82) is 0 Å². The maximum Gasteiger partial charge on any atom is 0.273 e. The average molecular weight is 374 g/mol. The van der Waals surface area contributed by atoms with Crippen molar-refractivity contribution in [3.63, 3.8) is 0 Å². The maximum atomic E-state index is 12.6. The number of carbonyl (C=O) groups excluding carboxylic acids is 2. The summed E-state index contributed by atoms with van der Waals surface area (Å²) in [7, 11) is 0. The molecule has 4 heterocycles. The lowest BCUT2D eigenvalue weighted by molar-refractivity contribution is 0.0972. The van der Waals surface area contributed by atoms with Gasteiger partial charge in [0.2, 0.25) is 5.95 Å². The van der Waals surface area contributed by atoms with Gasteiger partial charge >= 0.3 is 0 Å². The normalized spacial score (nSPS) is 10.9. The van der Waals surface area contributed by atoms with E-state index >= 15 is 0 Å². The number of Topliss-reactive ketones (excluding diaryl/α,β-unsaturated/α-hetero) is 2. The number of anilines is 1. The molecule has 4 aromatic rings. The summed E-state index contributed by atoms with van der Waals surface area (Å²) in [5.74, 6) is -0.322. The molecule has 0 saturated carbocycles. The van der Waals surface area contributed by atoms with Gasteiger partial charge < -0.3 is 5.73 Å². The van der Waals surface area contributed by atoms with Crippen LogP contribution >= 0.6 is 0 Å². The molecule has 4 rings (SSSR count). The standard InChI is InChI=1S/C18H14N8O2/c19-17-23-24-18-22-13(9-15(27)11-5-1-3-7-20-11)14(25-26(17)18)10-16(28)12-6-2-4-8-21-12/h1-8H,9-10H2,(H2,19,23). The average Bonchev–Trinajstić information content (AvgIpc) is 3.09. The lowest BCUT2D eigenvalue weighted by atomic mass is 10.1. The first-order chi connectivity index (χ1) is 13.6. The quantitative estimate of drug-likeness (QED) is 0.483. The number of nitrogens with zero attached hydrogens (tertiary/aromatic N) is 7. The van der Waals surface area contributed by atoms with E-state index in [1.54, 1.807) is 36.4 Å². The van der Waals surface area contributed by atoms with Crippen LogP contribution in [0, 0.1) is 0 Å². The van der Waals surface area contributed by atoms with Gasteiger partial charge in [-0.05, 0) is 24.3 Å². The predicted octanol–water partition coefficient (Wildman–Crippen LogP) is 0.742. The van der Waals surface area contributed by atoms with E-state index < -0.39 is 0 Å². The lowest BCUT2D eigenvalue weighted by Crippen LogP contribution is -2.17. The number of ketones is 2. The van der Waals surface area contributed by atoms with Crippen LogP contribution in [0.4, 0.5) is 5.95 Å². The Labute approximate surface area is 158 Å². The second-order valence-electron chi connectivity index (χ2n) is 5.91. The molecule has 28 heavy (non-hydrogen) atoms. The molecule has 0 amide bonds. The van der Waals surface area contributed by atoms with Gasteiger partial charge in [-0.2, -0.15) is 9.61 Å². The van der Waals surface area contributed by atoms with Crippen LogP contribution in [0.15, 0.2) is 48.8 Å². The lowest BCUT2D eigenvalue weighted by Gasteiger charge is -2.07. The first-order valence-electron chi connectivity index (χ1n) is 8.37. The van der Waals surface area contributed by atoms with E-state index in [1.807, 2.05) is 0 Å². The van der Waals surface area contributed by atoms with Gasteiger partial charge in [-0.1, -0.05) is 12.1 Å². The fourth-order valence-corrected chi connectivity index (χ4v) is 2.63. The Morgan fingerprint density at radius 3 is 2.04 bits per heavy atom. The topological polar surface area (TPSA) is 142 Å². The van der Waals surface area contributed by atoms with Crippen LogP contribution < -0.4 is 5.73 Å². The molecule has 0 aliphatic heterocycles. The highest BCUT2D eigenvalue weighted by atomic mass is 16.1. The minimum atomic E-state index is -0.257. The highest BCUT2D eigenvalue weighted by molar-refractivity contribution is 5.97. The number of pyridine rings is 2. The van der Waals surface area contributed by atoms with Gasteiger partial charge in [-0.3, -0.25) is 19.6 Å². The van der Waals surface area contributed by atoms with E-state index in [0.29, 0.717) is 22.8 Å². The Bertz CT molecular complexity index is 1160. The molecule has 10 heteroatoms. The van der Waals surface area contributed by atoms with Crippen LogP contribution in [-0.4, -0.2) is 46.3 Å². The number of hydrogen-bond donors (Lipinski definition) is 1. The molecule has 0 radical (unpaired) electrons. The Kier molecular flexibility index (Phi) is 4.50. The molecular formula is C18H14N8O2. The van der Waals surface area contributed by atoms with Gasteiger partial charge in [0.15, 0.2) is 11.6 Å². The van der Waals surface area contributed by atoms with Gasteiger partial charge in [0.25, 0.3) is 5.78 Å². The Morgan fingerprint density at radius 1 is 0.857 bits per heavy atom. The van der Waals surface area contributed by atoms with Crippen molar-refractivity contribution in [3.8, 4) is 0 Å². The van der Waals surface area contributed by atoms with Gasteiger partial charge in [-0.15, -0.1) is 10.2 Å². The number of nitrogen functional groups attached to an aromatic ring is 1. The maximum absolute atomic E-state index is 12.6. The number of aromatic nitrogens is 7. The molecule has 0 fully saturated rings. The van der Waals surface area contributed by atoms with Crippen LogP contribution in [0.25, 0.3) is 5.78 Å². The highest BCUT2D eigenvalue weighted by Gasteiger charge is 2.20. The molecule has 0 unspecified atom stereocenters. The molecule has 0 atom stereocenters. The molecule has 0 saturated heterocycles. The highest BCUT2D eigenvalue weighted by Crippen LogP contribution is 2.13. The molecular weight excluding hydrogens is 360 g/mol. The first-order valence-corrected chi connectivity index (χ1v) is 8.37. The minimum Gasteiger partial charge on any atom is -0.366 e. The largest absolute Gasteiger partial charge is 0.366 e. The zero-order valence-corrected chi connectivity index (χ0v) is 14.6. The van der Waals surface area contributed by atoms with E-state index in [9.17, 15) is 9.59 Å². The smallest absolute Gasteiger partial charge is 0.273 e. The summed E-state index contributed by atoms with van der Waals surface area (Å²) in [6, 6.07) is 10.1. The third kappa shape index (κ3) is 3.43. The number of hydrogen-bond acceptors (Lipinski definition) is 9. The predicted molar refractivity (Wildman–Crippen MR) is 97.5 cm³/mol. The van der Waals surface area contributed by atoms with Crippen molar-refractivity contribution in [2.75, 3.05) is 5.73 Å². The van der Waals surface area contributed by atoms with Gasteiger partial charge in [0.05, 0.1) is 24.2 Å². The van der Waals surface area contributed by atoms with Crippen LogP contribution in [0.5, 0.6) is 0 Å². The Morgan fingerprint density at radius 2 is 1.46 bits per heavy atom. The van der Waals surface area contributed by atoms with Crippen LogP contribution in [0.3, 0.4) is 0 Å². The van der Waals surface area contributed by atoms with Crippen LogP contribution in [0.1, 0.15) is 32.4 Å². The molecule has 0 aromatic carbocycles. The third-order valence-electron chi connectivity index (χ3n) is 3.99. The Hall–Kier alpha value is -4.08. The minimum absolute atomic E-state index is 0.0386. The van der Waals surface area contributed by atoms with Gasteiger partial charge in [0.1, 0.15) is 11.4 Å². The first kappa shape index (κ1) is 17.3. The fraction of sp³-hybridized carbons (Fsp3) is 0.111. The van der Waals surface area contributed by atoms with E-state index in [4.69, 9.17) is 5.73 Å². The van der Waals surface area contributed by atoms with Crippen molar-refractivity contribution < 1.29 is 9.59 Å². The third-order valence-corrected chi connectivity index (χ3v) is 3.99. The summed E-state index contributed by atoms with van der Waals surface area (Å²) in [5.41, 5.74) is 6.96. The second kappa shape index (κ2) is 7.27. The summed E-state index contributed by atoms with van der Waals surface area (Å²) in [6.45, 7) is 0. The second-order valence-corrected chi connectivity index (χ2v) is 5.91. The van der Waals surface area contributed by atoms with Crippen molar-refractivity contribution >= 4 is 23.3 Å². The summed E-state index contributed by atoms with van der Waals surface area (Å²) < 4.78 is 1.23. The summed E-state index contributed by atoms with van der Waals surface area (Å²) in [5, 5.41) is 11.9. The van der Waals surface area contributed by atoms with Gasteiger partial charge in [0, 0.05) is 12.4 Å². The molecule has 0 aliphatic carbocycles. The van der Waals surface area contributed by atoms with Crippen LogP contribution in [-0.2, 0) is 12.8 Å². The van der Waals surface area contributed by atoms with E-state index in [1.165, 1.54) is 16.9 Å². The molecule has 4 aromatic heterocycles. The number of nitrogens with two attached hydrogens (primary N) is 1. The SMILES string of the molecule is Nc1nnc2nc(CC(=O)c3ccccn3)c(CC(=O)c3ccccn3)nn12. The molecule has 10 nitrogen and oxygen atoms in total. The molecule has 2 N–H and O–H groups in total. The van der Waals surface area contributed by atoms with Crippen molar-refractivity contribution in [2.45, 2.75) is 12.8 Å². The van der Waals surface area contributed by atoms with Crippen LogP contribution in [0.2, 0.25) is 0 Å². The van der Waals surface area contributed by atoms with Crippen molar-refractivity contribution in [3.05, 3.63) is 71.6 Å². The molecule has 138 valence electrons.